The van der Waals surface area contributed by atoms with Crippen LogP contribution in [0.25, 0.3) is 0 Å². The van der Waals surface area contributed by atoms with Gasteiger partial charge in [0, 0.05) is 18.3 Å². The predicted molar refractivity (Wildman–Crippen MR) is 159 cm³/mol. The highest BCUT2D eigenvalue weighted by molar-refractivity contribution is 6.32. The second-order valence-electron chi connectivity index (χ2n) is 9.25. The highest BCUT2D eigenvalue weighted by Gasteiger charge is 2.32. The number of aliphatic carboxylic acids is 1. The van der Waals surface area contributed by atoms with E-state index in [-0.39, 0.29) is 51.2 Å². The lowest BCUT2D eigenvalue weighted by Gasteiger charge is -2.12. The fourth-order valence-corrected chi connectivity index (χ4v) is 3.90. The zero-order valence-corrected chi connectivity index (χ0v) is 25.9. The van der Waals surface area contributed by atoms with Crippen molar-refractivity contribution in [2.45, 2.75) is 32.3 Å². The number of carbonyl (C=O) groups is 1. The lowest BCUT2D eigenvalue weighted by atomic mass is 10.2. The molecule has 0 saturated heterocycles. The van der Waals surface area contributed by atoms with Crippen LogP contribution in [0.1, 0.15) is 25.0 Å². The number of hydrogen-bond acceptors (Lipinski definition) is 8. The minimum atomic E-state index is -4.55. The standard InChI is InChI=1S/2C15H11ClF3NO4/c1-8(14(21)22)23-10-2-4-11(5-3-10)24-13-12(16)6-9(7-20-13)15(17,18)19;1-2-23-14-8-10(4-5-12(14)20(21)22)24-13-6-3-9(7-11(13)16)15(17,18)19/h2-8H,1H3,(H,21,22);3-8H,2H2,1H3. The topological polar surface area (TPSA) is 130 Å². The van der Waals surface area contributed by atoms with Crippen molar-refractivity contribution < 1.29 is 60.1 Å². The number of nitrogens with zero attached hydrogens (tertiary/aromatic N) is 2. The number of rotatable bonds is 10. The number of aromatic nitrogens is 1. The van der Waals surface area contributed by atoms with Gasteiger partial charge in [-0.15, -0.1) is 0 Å². The molecule has 1 heterocycles. The molecule has 0 fully saturated rings. The van der Waals surface area contributed by atoms with Crippen LogP contribution in [-0.4, -0.2) is 33.7 Å². The Morgan fingerprint density at radius 2 is 1.44 bits per heavy atom. The molecular formula is C30H22Cl2F6N2O8. The molecule has 10 nitrogen and oxygen atoms in total. The molecule has 0 aliphatic rings. The Bertz CT molecular complexity index is 1760. The Labute approximate surface area is 277 Å². The minimum absolute atomic E-state index is 0.0111. The van der Waals surface area contributed by atoms with Crippen LogP contribution in [0.5, 0.6) is 34.6 Å². The van der Waals surface area contributed by atoms with Crippen LogP contribution in [0, 0.1) is 10.1 Å². The Morgan fingerprint density at radius 1 is 0.854 bits per heavy atom. The van der Waals surface area contributed by atoms with Gasteiger partial charge in [-0.2, -0.15) is 26.3 Å². The number of carboxylic acids is 1. The van der Waals surface area contributed by atoms with Crippen LogP contribution in [0.4, 0.5) is 32.0 Å². The van der Waals surface area contributed by atoms with Crippen LogP contribution >= 0.6 is 23.2 Å². The summed E-state index contributed by atoms with van der Waals surface area (Å²) in [5, 5.41) is 19.1. The molecule has 1 atom stereocenters. The Morgan fingerprint density at radius 3 is 1.96 bits per heavy atom. The average molecular weight is 723 g/mol. The number of ether oxygens (including phenoxy) is 4. The molecule has 0 bridgehead atoms. The second-order valence-corrected chi connectivity index (χ2v) is 10.1. The van der Waals surface area contributed by atoms with Crippen LogP contribution < -0.4 is 18.9 Å². The van der Waals surface area contributed by atoms with E-state index < -0.39 is 40.5 Å². The summed E-state index contributed by atoms with van der Waals surface area (Å²) in [6.07, 6.45) is -9.47. The highest BCUT2D eigenvalue weighted by Crippen LogP contribution is 2.39. The van der Waals surface area contributed by atoms with E-state index in [4.69, 9.17) is 47.3 Å². The molecule has 4 aromatic rings. The van der Waals surface area contributed by atoms with Gasteiger partial charge in [0.15, 0.2) is 6.10 Å². The minimum Gasteiger partial charge on any atom is -0.487 e. The zero-order chi connectivity index (χ0) is 35.8. The van der Waals surface area contributed by atoms with E-state index >= 15 is 0 Å². The molecule has 0 spiro atoms. The molecule has 0 saturated carbocycles. The lowest BCUT2D eigenvalue weighted by Crippen LogP contribution is -2.22. The maximum atomic E-state index is 12.6. The van der Waals surface area contributed by atoms with Crippen molar-refractivity contribution in [2.75, 3.05) is 6.61 Å². The van der Waals surface area contributed by atoms with E-state index in [2.05, 4.69) is 4.98 Å². The summed E-state index contributed by atoms with van der Waals surface area (Å²) in [7, 11) is 0. The molecule has 18 heteroatoms. The molecule has 3 aromatic carbocycles. The summed E-state index contributed by atoms with van der Waals surface area (Å²) < 4.78 is 96.4. The molecule has 48 heavy (non-hydrogen) atoms. The summed E-state index contributed by atoms with van der Waals surface area (Å²) in [4.78, 5) is 24.5. The summed E-state index contributed by atoms with van der Waals surface area (Å²) in [5.41, 5.74) is -2.13. The van der Waals surface area contributed by atoms with Gasteiger partial charge >= 0.3 is 24.0 Å². The smallest absolute Gasteiger partial charge is 0.417 e. The Kier molecular flexibility index (Phi) is 12.3. The summed E-state index contributed by atoms with van der Waals surface area (Å²) in [5.74, 6) is -0.633. The van der Waals surface area contributed by atoms with Crippen molar-refractivity contribution in [3.8, 4) is 34.6 Å². The Balaban J connectivity index is 0.000000260. The molecule has 256 valence electrons. The molecule has 1 N–H and O–H groups in total. The predicted octanol–water partition coefficient (Wildman–Crippen LogP) is 9.86. The second kappa shape index (κ2) is 15.8. The zero-order valence-electron chi connectivity index (χ0n) is 24.4. The van der Waals surface area contributed by atoms with Gasteiger partial charge in [0.25, 0.3) is 0 Å². The maximum absolute atomic E-state index is 12.6. The van der Waals surface area contributed by atoms with Crippen molar-refractivity contribution >= 4 is 34.9 Å². The SMILES string of the molecule is CC(Oc1ccc(Oc2ncc(C(F)(F)F)cc2Cl)cc1)C(=O)O.CCOc1cc(Oc2ccc(C(F)(F)F)cc2Cl)ccc1[N+](=O)[O-]. The summed E-state index contributed by atoms with van der Waals surface area (Å²) >= 11 is 11.5. The summed E-state index contributed by atoms with van der Waals surface area (Å²) in [6.45, 7) is 3.23. The van der Waals surface area contributed by atoms with Gasteiger partial charge in [0.1, 0.15) is 28.0 Å². The third-order valence-electron chi connectivity index (χ3n) is 5.75. The van der Waals surface area contributed by atoms with Gasteiger partial charge < -0.3 is 24.1 Å². The quantitative estimate of drug-likeness (QED) is 0.0965. The van der Waals surface area contributed by atoms with Gasteiger partial charge in [-0.3, -0.25) is 10.1 Å². The molecule has 1 unspecified atom stereocenters. The molecule has 1 aromatic heterocycles. The van der Waals surface area contributed by atoms with E-state index in [1.165, 1.54) is 49.4 Å². The first kappa shape index (κ1) is 37.5. The molecule has 0 aliphatic carbocycles. The van der Waals surface area contributed by atoms with Crippen molar-refractivity contribution in [3.05, 3.63) is 104 Å². The Hall–Kier alpha value is -4.96. The van der Waals surface area contributed by atoms with Crippen molar-refractivity contribution in [1.29, 1.82) is 0 Å². The molecule has 0 amide bonds. The van der Waals surface area contributed by atoms with Gasteiger partial charge in [-0.05, 0) is 68.4 Å². The van der Waals surface area contributed by atoms with Gasteiger partial charge in [0.2, 0.25) is 11.6 Å². The third-order valence-corrected chi connectivity index (χ3v) is 6.31. The first-order valence-corrected chi connectivity index (χ1v) is 14.0. The number of hydrogen-bond donors (Lipinski definition) is 1. The van der Waals surface area contributed by atoms with Gasteiger partial charge in [0.05, 0.1) is 27.7 Å². The fraction of sp³-hybridized carbons (Fsp3) is 0.200. The average Bonchev–Trinajstić information content (AvgIpc) is 2.99. The van der Waals surface area contributed by atoms with Crippen molar-refractivity contribution in [3.63, 3.8) is 0 Å². The lowest BCUT2D eigenvalue weighted by molar-refractivity contribution is -0.385. The molecular weight excluding hydrogens is 701 g/mol. The van der Waals surface area contributed by atoms with E-state index in [1.54, 1.807) is 6.92 Å². The largest absolute Gasteiger partial charge is 0.487 e. The van der Waals surface area contributed by atoms with E-state index in [0.29, 0.717) is 11.9 Å². The van der Waals surface area contributed by atoms with Gasteiger partial charge in [-0.1, -0.05) is 23.2 Å². The van der Waals surface area contributed by atoms with Crippen LogP contribution in [0.2, 0.25) is 10.0 Å². The van der Waals surface area contributed by atoms with E-state index in [1.807, 2.05) is 0 Å². The fourth-order valence-electron chi connectivity index (χ4n) is 3.47. The number of benzene rings is 3. The number of halogens is 8. The number of alkyl halides is 6. The molecule has 0 radical (unpaired) electrons. The number of nitro benzene ring substituents is 1. The first-order valence-electron chi connectivity index (χ1n) is 13.2. The monoisotopic (exact) mass is 722 g/mol. The molecule has 4 rings (SSSR count). The number of pyridine rings is 1. The van der Waals surface area contributed by atoms with Crippen LogP contribution in [0.15, 0.2) is 72.9 Å². The number of carboxylic acid groups (broad SMARTS) is 1. The normalized spacial score (nSPS) is 11.9. The maximum Gasteiger partial charge on any atom is 0.417 e. The summed E-state index contributed by atoms with van der Waals surface area (Å²) in [6, 6.07) is 12.9. The van der Waals surface area contributed by atoms with Crippen LogP contribution in [0.3, 0.4) is 0 Å². The van der Waals surface area contributed by atoms with Crippen LogP contribution in [-0.2, 0) is 17.1 Å². The molecule has 0 aliphatic heterocycles. The highest BCUT2D eigenvalue weighted by atomic mass is 35.5. The van der Waals surface area contributed by atoms with E-state index in [9.17, 15) is 41.3 Å². The van der Waals surface area contributed by atoms with Crippen molar-refractivity contribution in [1.82, 2.24) is 4.98 Å². The van der Waals surface area contributed by atoms with Crippen molar-refractivity contribution in [2.24, 2.45) is 0 Å². The number of nitro groups is 1. The van der Waals surface area contributed by atoms with E-state index in [0.717, 1.165) is 24.3 Å². The first-order chi connectivity index (χ1) is 22.4. The van der Waals surface area contributed by atoms with Gasteiger partial charge in [-0.25, -0.2) is 9.78 Å². The third kappa shape index (κ3) is 10.5.